The summed E-state index contributed by atoms with van der Waals surface area (Å²) in [4.78, 5) is 15.3. The van der Waals surface area contributed by atoms with Crippen molar-refractivity contribution < 1.29 is 13.9 Å². The number of benzene rings is 1. The number of carbonyl (C=O) groups is 1. The van der Waals surface area contributed by atoms with E-state index in [9.17, 15) is 9.18 Å². The van der Waals surface area contributed by atoms with Gasteiger partial charge in [0.25, 0.3) is 0 Å². The normalized spacial score (nSPS) is 10.6. The predicted molar refractivity (Wildman–Crippen MR) is 55.9 cm³/mol. The van der Waals surface area contributed by atoms with Crippen molar-refractivity contribution in [3.05, 3.63) is 28.0 Å². The standard InChI is InChI=1S/C9H5ClFNO2S/c1-14-8(13)5-2-4(11)3-6-7(5)12-9(10)15-6/h2-3H,1H3. The number of rotatable bonds is 1. The van der Waals surface area contributed by atoms with E-state index in [1.807, 2.05) is 0 Å². The maximum absolute atomic E-state index is 13.1. The summed E-state index contributed by atoms with van der Waals surface area (Å²) in [6.45, 7) is 0. The van der Waals surface area contributed by atoms with Gasteiger partial charge < -0.3 is 4.74 Å². The number of methoxy groups -OCH3 is 1. The second-order valence-electron chi connectivity index (χ2n) is 2.76. The smallest absolute Gasteiger partial charge is 0.340 e. The van der Waals surface area contributed by atoms with Crippen LogP contribution in [0.15, 0.2) is 12.1 Å². The van der Waals surface area contributed by atoms with Crippen LogP contribution in [-0.4, -0.2) is 18.1 Å². The van der Waals surface area contributed by atoms with Gasteiger partial charge in [-0.3, -0.25) is 0 Å². The van der Waals surface area contributed by atoms with Crippen LogP contribution in [0.1, 0.15) is 10.4 Å². The maximum atomic E-state index is 13.1. The van der Waals surface area contributed by atoms with Crippen molar-refractivity contribution >= 4 is 39.1 Å². The third kappa shape index (κ3) is 1.80. The van der Waals surface area contributed by atoms with Crippen molar-refractivity contribution in [1.82, 2.24) is 4.98 Å². The van der Waals surface area contributed by atoms with E-state index in [0.29, 0.717) is 10.2 Å². The summed E-state index contributed by atoms with van der Waals surface area (Å²) < 4.78 is 18.4. The van der Waals surface area contributed by atoms with E-state index in [-0.39, 0.29) is 10.0 Å². The third-order valence-electron chi connectivity index (χ3n) is 1.84. The summed E-state index contributed by atoms with van der Waals surface area (Å²) in [5.41, 5.74) is 0.467. The Labute approximate surface area is 93.4 Å². The van der Waals surface area contributed by atoms with Crippen LogP contribution in [0.4, 0.5) is 4.39 Å². The molecule has 0 aliphatic carbocycles. The van der Waals surface area contributed by atoms with Crippen molar-refractivity contribution in [2.45, 2.75) is 0 Å². The van der Waals surface area contributed by atoms with Crippen LogP contribution in [-0.2, 0) is 4.74 Å². The lowest BCUT2D eigenvalue weighted by molar-refractivity contribution is 0.0602. The number of carbonyl (C=O) groups excluding carboxylic acids is 1. The van der Waals surface area contributed by atoms with E-state index < -0.39 is 11.8 Å². The van der Waals surface area contributed by atoms with Gasteiger partial charge in [0.15, 0.2) is 4.47 Å². The molecule has 2 aromatic rings. The van der Waals surface area contributed by atoms with E-state index in [2.05, 4.69) is 9.72 Å². The van der Waals surface area contributed by atoms with Gasteiger partial charge >= 0.3 is 5.97 Å². The van der Waals surface area contributed by atoms with Gasteiger partial charge in [-0.15, -0.1) is 11.3 Å². The van der Waals surface area contributed by atoms with Crippen LogP contribution in [0.5, 0.6) is 0 Å². The molecule has 0 radical (unpaired) electrons. The number of nitrogens with zero attached hydrogens (tertiary/aromatic N) is 1. The first-order valence-corrected chi connectivity index (χ1v) is 5.15. The highest BCUT2D eigenvalue weighted by molar-refractivity contribution is 7.22. The molecular formula is C9H5ClFNO2S. The van der Waals surface area contributed by atoms with E-state index in [1.54, 1.807) is 0 Å². The van der Waals surface area contributed by atoms with Gasteiger partial charge in [-0.2, -0.15) is 0 Å². The maximum Gasteiger partial charge on any atom is 0.340 e. The molecule has 0 fully saturated rings. The number of fused-ring (bicyclic) bond motifs is 1. The minimum absolute atomic E-state index is 0.0932. The average molecular weight is 246 g/mol. The van der Waals surface area contributed by atoms with Gasteiger partial charge in [-0.05, 0) is 12.1 Å². The van der Waals surface area contributed by atoms with Gasteiger partial charge in [0.05, 0.1) is 22.9 Å². The van der Waals surface area contributed by atoms with E-state index in [1.165, 1.54) is 13.2 Å². The zero-order chi connectivity index (χ0) is 11.0. The van der Waals surface area contributed by atoms with Crippen molar-refractivity contribution in [2.75, 3.05) is 7.11 Å². The van der Waals surface area contributed by atoms with Crippen LogP contribution in [0.2, 0.25) is 4.47 Å². The van der Waals surface area contributed by atoms with Crippen LogP contribution in [0, 0.1) is 5.82 Å². The van der Waals surface area contributed by atoms with Crippen LogP contribution in [0.25, 0.3) is 10.2 Å². The third-order valence-corrected chi connectivity index (χ3v) is 2.95. The number of thiazole rings is 1. The number of aromatic nitrogens is 1. The molecule has 0 saturated carbocycles. The van der Waals surface area contributed by atoms with E-state index >= 15 is 0 Å². The lowest BCUT2D eigenvalue weighted by atomic mass is 10.2. The molecule has 0 N–H and O–H groups in total. The second kappa shape index (κ2) is 3.75. The minimum atomic E-state index is -0.624. The SMILES string of the molecule is COC(=O)c1cc(F)cc2sc(Cl)nc12. The van der Waals surface area contributed by atoms with Crippen molar-refractivity contribution in [1.29, 1.82) is 0 Å². The largest absolute Gasteiger partial charge is 0.465 e. The molecule has 15 heavy (non-hydrogen) atoms. The van der Waals surface area contributed by atoms with Gasteiger partial charge in [-0.25, -0.2) is 14.2 Å². The molecule has 0 aliphatic rings. The Morgan fingerprint density at radius 1 is 1.60 bits per heavy atom. The molecule has 0 amide bonds. The Balaban J connectivity index is 2.75. The molecule has 0 bridgehead atoms. The lowest BCUT2D eigenvalue weighted by Crippen LogP contribution is -2.02. The monoisotopic (exact) mass is 245 g/mol. The molecular weight excluding hydrogens is 241 g/mol. The molecule has 78 valence electrons. The molecule has 0 atom stereocenters. The second-order valence-corrected chi connectivity index (χ2v) is 4.37. The molecule has 1 aromatic heterocycles. The Hall–Kier alpha value is -1.20. The van der Waals surface area contributed by atoms with Crippen molar-refractivity contribution in [2.24, 2.45) is 0 Å². The van der Waals surface area contributed by atoms with E-state index in [4.69, 9.17) is 11.6 Å². The first-order chi connectivity index (χ1) is 7.11. The summed E-state index contributed by atoms with van der Waals surface area (Å²) in [6.07, 6.45) is 0. The summed E-state index contributed by atoms with van der Waals surface area (Å²) >= 11 is 6.80. The molecule has 1 heterocycles. The van der Waals surface area contributed by atoms with Gasteiger partial charge in [0.1, 0.15) is 5.82 Å². The molecule has 0 unspecified atom stereocenters. The van der Waals surface area contributed by atoms with Crippen LogP contribution < -0.4 is 0 Å². The zero-order valence-electron chi connectivity index (χ0n) is 7.58. The molecule has 0 aliphatic heterocycles. The molecule has 0 saturated heterocycles. The Morgan fingerprint density at radius 2 is 2.33 bits per heavy atom. The molecule has 0 spiro atoms. The highest BCUT2D eigenvalue weighted by Gasteiger charge is 2.15. The number of ether oxygens (including phenoxy) is 1. The highest BCUT2D eigenvalue weighted by Crippen LogP contribution is 2.29. The number of hydrogen-bond acceptors (Lipinski definition) is 4. The van der Waals surface area contributed by atoms with Crippen LogP contribution in [0.3, 0.4) is 0 Å². The number of hydrogen-bond donors (Lipinski definition) is 0. The van der Waals surface area contributed by atoms with Crippen molar-refractivity contribution in [3.8, 4) is 0 Å². The Morgan fingerprint density at radius 3 is 3.00 bits per heavy atom. The van der Waals surface area contributed by atoms with Crippen molar-refractivity contribution in [3.63, 3.8) is 0 Å². The minimum Gasteiger partial charge on any atom is -0.465 e. The van der Waals surface area contributed by atoms with Gasteiger partial charge in [-0.1, -0.05) is 11.6 Å². The topological polar surface area (TPSA) is 39.2 Å². The molecule has 3 nitrogen and oxygen atoms in total. The lowest BCUT2D eigenvalue weighted by Gasteiger charge is -1.99. The fourth-order valence-corrected chi connectivity index (χ4v) is 2.31. The summed E-state index contributed by atoms with van der Waals surface area (Å²) in [5, 5.41) is 0. The van der Waals surface area contributed by atoms with Gasteiger partial charge in [0.2, 0.25) is 0 Å². The van der Waals surface area contributed by atoms with Crippen LogP contribution >= 0.6 is 22.9 Å². The number of halogens is 2. The quantitative estimate of drug-likeness (QED) is 0.726. The van der Waals surface area contributed by atoms with E-state index in [0.717, 1.165) is 17.4 Å². The fraction of sp³-hybridized carbons (Fsp3) is 0.111. The average Bonchev–Trinajstić information content (AvgIpc) is 2.55. The number of esters is 1. The first kappa shape index (κ1) is 10.3. The highest BCUT2D eigenvalue weighted by atomic mass is 35.5. The predicted octanol–water partition coefficient (Wildman–Crippen LogP) is 2.88. The Kier molecular flexibility index (Phi) is 2.58. The fourth-order valence-electron chi connectivity index (χ4n) is 1.23. The van der Waals surface area contributed by atoms with Gasteiger partial charge in [0, 0.05) is 0 Å². The Bertz CT molecular complexity index is 540. The summed E-state index contributed by atoms with van der Waals surface area (Å²) in [6, 6.07) is 2.37. The summed E-state index contributed by atoms with van der Waals surface area (Å²) in [5.74, 6) is -1.13. The first-order valence-electron chi connectivity index (χ1n) is 3.95. The molecule has 1 aromatic carbocycles. The molecule has 2 rings (SSSR count). The summed E-state index contributed by atoms with van der Waals surface area (Å²) in [7, 11) is 1.23. The molecule has 6 heteroatoms. The zero-order valence-corrected chi connectivity index (χ0v) is 9.16.